The highest BCUT2D eigenvalue weighted by atomic mass is 16.5. The molecular formula is C25H32N8O3. The average Bonchev–Trinajstić information content (AvgIpc) is 3.44. The molecule has 0 spiro atoms. The Kier molecular flexibility index (Phi) is 7.01. The number of benzene rings is 1. The minimum atomic E-state index is 0.183. The number of ether oxygens (including phenoxy) is 2. The molecule has 4 heterocycles. The Morgan fingerprint density at radius 2 is 1.97 bits per heavy atom. The van der Waals surface area contributed by atoms with E-state index in [2.05, 4.69) is 44.0 Å². The van der Waals surface area contributed by atoms with Crippen molar-refractivity contribution in [1.29, 1.82) is 0 Å². The molecule has 4 N–H and O–H groups in total. The maximum atomic E-state index is 6.01. The summed E-state index contributed by atoms with van der Waals surface area (Å²) in [5.74, 6) is 2.34. The molecule has 0 amide bonds. The molecule has 4 aromatic rings. The lowest BCUT2D eigenvalue weighted by Gasteiger charge is -2.23. The van der Waals surface area contributed by atoms with Crippen LogP contribution in [0, 0.1) is 13.8 Å². The number of anilines is 2. The van der Waals surface area contributed by atoms with Crippen LogP contribution in [0.2, 0.25) is 0 Å². The van der Waals surface area contributed by atoms with E-state index < -0.39 is 0 Å². The summed E-state index contributed by atoms with van der Waals surface area (Å²) in [6.07, 6.45) is 2.08. The molecule has 0 saturated carbocycles. The number of nitrogen functional groups attached to an aromatic ring is 1. The lowest BCUT2D eigenvalue weighted by Crippen LogP contribution is -2.34. The van der Waals surface area contributed by atoms with Crippen LogP contribution in [0.1, 0.15) is 41.1 Å². The van der Waals surface area contributed by atoms with Crippen molar-refractivity contribution < 1.29 is 14.0 Å². The number of rotatable bonds is 9. The number of aryl methyl sites for hydroxylation is 2. The van der Waals surface area contributed by atoms with Gasteiger partial charge in [0.2, 0.25) is 5.95 Å². The molecule has 1 saturated heterocycles. The van der Waals surface area contributed by atoms with Gasteiger partial charge in [-0.2, -0.15) is 10.1 Å². The summed E-state index contributed by atoms with van der Waals surface area (Å²) >= 11 is 0. The lowest BCUT2D eigenvalue weighted by molar-refractivity contribution is 0.0776. The monoisotopic (exact) mass is 492 g/mol. The second-order valence-corrected chi connectivity index (χ2v) is 9.07. The van der Waals surface area contributed by atoms with Gasteiger partial charge in [-0.3, -0.25) is 4.68 Å². The Morgan fingerprint density at radius 1 is 1.14 bits per heavy atom. The normalized spacial score (nSPS) is 14.4. The molecular weight excluding hydrogens is 460 g/mol. The molecule has 0 radical (unpaired) electrons. The van der Waals surface area contributed by atoms with Gasteiger partial charge in [0.25, 0.3) is 0 Å². The van der Waals surface area contributed by atoms with E-state index in [-0.39, 0.29) is 5.95 Å². The summed E-state index contributed by atoms with van der Waals surface area (Å²) < 4.78 is 18.3. The quantitative estimate of drug-likeness (QED) is 0.320. The first-order valence-electron chi connectivity index (χ1n) is 12.1. The van der Waals surface area contributed by atoms with E-state index in [1.54, 1.807) is 7.11 Å². The second-order valence-electron chi connectivity index (χ2n) is 9.07. The molecule has 1 aliphatic heterocycles. The van der Waals surface area contributed by atoms with E-state index in [1.807, 2.05) is 24.6 Å². The first-order valence-corrected chi connectivity index (χ1v) is 12.1. The third-order valence-electron chi connectivity index (χ3n) is 6.37. The fourth-order valence-corrected chi connectivity index (χ4v) is 4.52. The number of hydrogen-bond acceptors (Lipinski definition) is 10. The topological polar surface area (TPSA) is 138 Å². The Hall–Kier alpha value is -3.70. The Bertz CT molecular complexity index is 1340. The molecule has 3 aromatic heterocycles. The van der Waals surface area contributed by atoms with Crippen molar-refractivity contribution in [2.45, 2.75) is 52.4 Å². The highest BCUT2D eigenvalue weighted by Gasteiger charge is 2.18. The van der Waals surface area contributed by atoms with Gasteiger partial charge in [-0.25, -0.2) is 4.98 Å². The zero-order valence-electron chi connectivity index (χ0n) is 20.9. The molecule has 0 atom stereocenters. The van der Waals surface area contributed by atoms with Crippen LogP contribution >= 0.6 is 0 Å². The third kappa shape index (κ3) is 5.26. The zero-order chi connectivity index (χ0) is 25.1. The first-order chi connectivity index (χ1) is 17.5. The second kappa shape index (κ2) is 10.5. The van der Waals surface area contributed by atoms with Crippen molar-refractivity contribution in [2.24, 2.45) is 0 Å². The number of nitrogens with one attached hydrogen (secondary N) is 2. The van der Waals surface area contributed by atoms with Crippen LogP contribution < -0.4 is 21.1 Å². The average molecular weight is 493 g/mol. The predicted molar refractivity (Wildman–Crippen MR) is 136 cm³/mol. The van der Waals surface area contributed by atoms with Crippen molar-refractivity contribution in [3.63, 3.8) is 0 Å². The molecule has 11 heteroatoms. The number of fused-ring (bicyclic) bond motifs is 1. The largest absolute Gasteiger partial charge is 0.496 e. The molecule has 5 rings (SSSR count). The van der Waals surface area contributed by atoms with Crippen LogP contribution in [0.3, 0.4) is 0 Å². The molecule has 36 heavy (non-hydrogen) atoms. The van der Waals surface area contributed by atoms with E-state index in [0.717, 1.165) is 66.6 Å². The van der Waals surface area contributed by atoms with Gasteiger partial charge < -0.3 is 30.4 Å². The van der Waals surface area contributed by atoms with Crippen molar-refractivity contribution in [2.75, 3.05) is 31.4 Å². The molecule has 0 aliphatic carbocycles. The molecule has 1 fully saturated rings. The number of nitrogens with two attached hydrogens (primary N) is 1. The number of methoxy groups -OCH3 is 1. The number of hydrogen-bond donors (Lipinski definition) is 3. The van der Waals surface area contributed by atoms with Gasteiger partial charge >= 0.3 is 0 Å². The first kappa shape index (κ1) is 24.0. The Morgan fingerprint density at radius 3 is 2.72 bits per heavy atom. The molecule has 0 unspecified atom stereocenters. The molecule has 190 valence electrons. The Labute approximate surface area is 209 Å². The van der Waals surface area contributed by atoms with Crippen LogP contribution in [0.4, 0.5) is 11.8 Å². The van der Waals surface area contributed by atoms with Gasteiger partial charge in [0.15, 0.2) is 5.82 Å². The van der Waals surface area contributed by atoms with E-state index in [0.29, 0.717) is 30.5 Å². The Balaban J connectivity index is 1.39. The van der Waals surface area contributed by atoms with Crippen molar-refractivity contribution in [3.05, 3.63) is 52.5 Å². The van der Waals surface area contributed by atoms with Crippen molar-refractivity contribution in [1.82, 2.24) is 30.2 Å². The number of nitrogens with zero attached hydrogens (tertiary/aromatic N) is 5. The minimum Gasteiger partial charge on any atom is -0.496 e. The fourth-order valence-electron chi connectivity index (χ4n) is 4.52. The maximum absolute atomic E-state index is 6.01. The summed E-state index contributed by atoms with van der Waals surface area (Å²) in [7, 11) is 1.69. The van der Waals surface area contributed by atoms with Gasteiger partial charge in [0, 0.05) is 37.4 Å². The van der Waals surface area contributed by atoms with Gasteiger partial charge in [-0.1, -0.05) is 17.3 Å². The molecule has 1 aromatic carbocycles. The van der Waals surface area contributed by atoms with Gasteiger partial charge in [0.1, 0.15) is 28.2 Å². The smallest absolute Gasteiger partial charge is 0.222 e. The SMILES string of the molecule is COc1cc(CNC2CCOCC2)ccc1Cn1nc(C)c2nc(N)nc(NCc3cc(C)on3)c21. The third-order valence-corrected chi connectivity index (χ3v) is 6.37. The highest BCUT2D eigenvalue weighted by molar-refractivity contribution is 5.88. The maximum Gasteiger partial charge on any atom is 0.222 e. The van der Waals surface area contributed by atoms with Gasteiger partial charge in [-0.15, -0.1) is 0 Å². The standard InChI is InChI=1S/C25H32N8O3/c1-15-10-20(32-36-15)13-28-24-23-22(29-25(26)30-24)16(2)31-33(23)14-18-5-4-17(11-21(18)34-3)12-27-19-6-8-35-9-7-19/h4-5,10-11,19,27H,6-9,12-14H2,1-3H3,(H3,26,28,29,30). The fraction of sp³-hybridized carbons (Fsp3) is 0.440. The summed E-state index contributed by atoms with van der Waals surface area (Å²) in [6, 6.07) is 8.67. The molecule has 11 nitrogen and oxygen atoms in total. The summed E-state index contributed by atoms with van der Waals surface area (Å²) in [5, 5.41) is 15.7. The van der Waals surface area contributed by atoms with E-state index in [9.17, 15) is 0 Å². The van der Waals surface area contributed by atoms with Gasteiger partial charge in [-0.05, 0) is 38.3 Å². The summed E-state index contributed by atoms with van der Waals surface area (Å²) in [4.78, 5) is 8.90. The van der Waals surface area contributed by atoms with E-state index >= 15 is 0 Å². The minimum absolute atomic E-state index is 0.183. The van der Waals surface area contributed by atoms with Crippen LogP contribution in [-0.2, 0) is 24.4 Å². The van der Waals surface area contributed by atoms with Gasteiger partial charge in [0.05, 0.1) is 25.9 Å². The summed E-state index contributed by atoms with van der Waals surface area (Å²) in [5.41, 5.74) is 11.2. The van der Waals surface area contributed by atoms with Crippen LogP contribution in [0.15, 0.2) is 28.8 Å². The van der Waals surface area contributed by atoms with Crippen LogP contribution in [-0.4, -0.2) is 51.3 Å². The van der Waals surface area contributed by atoms with E-state index in [4.69, 9.17) is 24.8 Å². The van der Waals surface area contributed by atoms with E-state index in [1.165, 1.54) is 5.56 Å². The zero-order valence-corrected chi connectivity index (χ0v) is 20.9. The molecule has 0 bridgehead atoms. The van der Waals surface area contributed by atoms with Crippen molar-refractivity contribution in [3.8, 4) is 5.75 Å². The van der Waals surface area contributed by atoms with Crippen LogP contribution in [0.25, 0.3) is 11.0 Å². The van der Waals surface area contributed by atoms with Crippen molar-refractivity contribution >= 4 is 22.8 Å². The predicted octanol–water partition coefficient (Wildman–Crippen LogP) is 2.95. The lowest BCUT2D eigenvalue weighted by atomic mass is 10.1. The number of aromatic nitrogens is 5. The highest BCUT2D eigenvalue weighted by Crippen LogP contribution is 2.28. The van der Waals surface area contributed by atoms with Crippen LogP contribution in [0.5, 0.6) is 5.75 Å². The summed E-state index contributed by atoms with van der Waals surface area (Å²) in [6.45, 7) is 7.13. The molecule has 1 aliphatic rings.